The van der Waals surface area contributed by atoms with Crippen molar-refractivity contribution in [3.63, 3.8) is 0 Å². The molecule has 0 bridgehead atoms. The van der Waals surface area contributed by atoms with Crippen LogP contribution in [-0.2, 0) is 18.3 Å². The summed E-state index contributed by atoms with van der Waals surface area (Å²) in [5, 5.41) is 7.07. The third-order valence-corrected chi connectivity index (χ3v) is 5.57. The summed E-state index contributed by atoms with van der Waals surface area (Å²) in [6.45, 7) is 0.864. The van der Waals surface area contributed by atoms with Crippen molar-refractivity contribution in [3.8, 4) is 11.5 Å². The van der Waals surface area contributed by atoms with E-state index in [0.29, 0.717) is 25.3 Å². The van der Waals surface area contributed by atoms with Crippen LogP contribution in [0, 0.1) is 0 Å². The summed E-state index contributed by atoms with van der Waals surface area (Å²) >= 11 is 0. The third kappa shape index (κ3) is 4.77. The number of methoxy groups -OCH3 is 2. The molecule has 0 radical (unpaired) electrons. The fourth-order valence-corrected chi connectivity index (χ4v) is 3.91. The van der Waals surface area contributed by atoms with Crippen molar-refractivity contribution in [2.24, 2.45) is 7.05 Å². The molecule has 0 fully saturated rings. The number of benzene rings is 2. The van der Waals surface area contributed by atoms with Gasteiger partial charge in [-0.2, -0.15) is 5.10 Å². The summed E-state index contributed by atoms with van der Waals surface area (Å²) in [6.07, 6.45) is 0.621. The minimum absolute atomic E-state index is 0.239. The van der Waals surface area contributed by atoms with Gasteiger partial charge in [-0.3, -0.25) is 10.00 Å². The Kier molecular flexibility index (Phi) is 6.48. The predicted molar refractivity (Wildman–Crippen MR) is 121 cm³/mol. The molecule has 2 aromatic carbocycles. The summed E-state index contributed by atoms with van der Waals surface area (Å²) in [4.78, 5) is 27.2. The molecule has 2 heterocycles. The van der Waals surface area contributed by atoms with Crippen LogP contribution in [0.1, 0.15) is 34.1 Å². The number of rotatable bonds is 6. The van der Waals surface area contributed by atoms with E-state index >= 15 is 0 Å². The molecule has 1 atom stereocenters. The lowest BCUT2D eigenvalue weighted by atomic mass is 9.98. The second-order valence-corrected chi connectivity index (χ2v) is 7.63. The van der Waals surface area contributed by atoms with E-state index in [1.807, 2.05) is 48.5 Å². The van der Waals surface area contributed by atoms with Crippen LogP contribution in [0.25, 0.3) is 0 Å². The smallest absolute Gasteiger partial charge is 0.356 e. The van der Waals surface area contributed by atoms with E-state index in [2.05, 4.69) is 10.4 Å². The Morgan fingerprint density at radius 2 is 1.97 bits per heavy atom. The van der Waals surface area contributed by atoms with Crippen LogP contribution >= 0.6 is 0 Å². The number of hydrogen-bond acceptors (Lipinski definition) is 6. The van der Waals surface area contributed by atoms with Gasteiger partial charge in [0, 0.05) is 31.6 Å². The Balaban J connectivity index is 1.66. The Hall–Kier alpha value is -4.01. The highest BCUT2D eigenvalue weighted by Gasteiger charge is 2.31. The van der Waals surface area contributed by atoms with Gasteiger partial charge in [-0.15, -0.1) is 0 Å². The average Bonchev–Trinajstić information content (AvgIpc) is 3.21. The third-order valence-electron chi connectivity index (χ3n) is 5.57. The number of carbonyl (C=O) groups excluding carboxylic acids is 2. The molecule has 33 heavy (non-hydrogen) atoms. The topological polar surface area (TPSA) is 94.9 Å². The molecule has 0 spiro atoms. The highest BCUT2D eigenvalue weighted by atomic mass is 16.5. The number of fused-ring (bicyclic) bond motifs is 1. The van der Waals surface area contributed by atoms with Gasteiger partial charge in [-0.05, 0) is 23.8 Å². The van der Waals surface area contributed by atoms with E-state index < -0.39 is 5.97 Å². The molecule has 1 N–H and O–H groups in total. The maximum Gasteiger partial charge on any atom is 0.356 e. The first-order valence-electron chi connectivity index (χ1n) is 10.5. The number of amides is 2. The van der Waals surface area contributed by atoms with Crippen LogP contribution in [0.3, 0.4) is 0 Å². The van der Waals surface area contributed by atoms with Crippen molar-refractivity contribution >= 4 is 17.8 Å². The minimum Gasteiger partial charge on any atom is -0.497 e. The molecule has 0 saturated carbocycles. The second-order valence-electron chi connectivity index (χ2n) is 7.63. The van der Waals surface area contributed by atoms with E-state index in [4.69, 9.17) is 14.2 Å². The lowest BCUT2D eigenvalue weighted by Crippen LogP contribution is -2.39. The average molecular weight is 450 g/mol. The molecule has 9 nitrogen and oxygen atoms in total. The van der Waals surface area contributed by atoms with Gasteiger partial charge in [0.1, 0.15) is 17.2 Å². The van der Waals surface area contributed by atoms with Gasteiger partial charge < -0.3 is 19.1 Å². The summed E-state index contributed by atoms with van der Waals surface area (Å²) in [5.74, 6) is 1.15. The zero-order valence-electron chi connectivity index (χ0n) is 18.8. The highest BCUT2D eigenvalue weighted by molar-refractivity contribution is 5.92. The van der Waals surface area contributed by atoms with Crippen molar-refractivity contribution < 1.29 is 23.8 Å². The van der Waals surface area contributed by atoms with Gasteiger partial charge in [0.25, 0.3) is 0 Å². The fourth-order valence-electron chi connectivity index (χ4n) is 3.91. The van der Waals surface area contributed by atoms with Gasteiger partial charge in [0.2, 0.25) is 0 Å². The molecule has 1 aliphatic rings. The lowest BCUT2D eigenvalue weighted by molar-refractivity contribution is 0.0588. The number of ether oxygens (including phenoxy) is 3. The van der Waals surface area contributed by atoms with Crippen molar-refractivity contribution in [1.82, 2.24) is 14.7 Å². The Labute approximate surface area is 191 Å². The van der Waals surface area contributed by atoms with Gasteiger partial charge in [0.05, 0.1) is 26.9 Å². The molecule has 3 aromatic rings. The maximum absolute atomic E-state index is 13.5. The molecular weight excluding hydrogens is 424 g/mol. The van der Waals surface area contributed by atoms with Crippen molar-refractivity contribution in [3.05, 3.63) is 71.4 Å². The number of carbonyl (C=O) groups is 2. The lowest BCUT2D eigenvalue weighted by Gasteiger charge is -2.36. The van der Waals surface area contributed by atoms with Crippen molar-refractivity contribution in [2.45, 2.75) is 19.0 Å². The number of nitrogens with one attached hydrogen (secondary N) is 1. The zero-order valence-corrected chi connectivity index (χ0v) is 18.8. The standard InChI is InChI=1S/C24H26N4O5/c1-27-20(23(29)32-3)14-22(26-27)25-24(30)28(15-16-7-5-4-6-8-16)19-11-12-33-21-10-9-17(31-2)13-18(19)21/h4-10,13-14,19H,11-12,15H2,1-3H3,(H,25,26,30). The number of hydrogen-bond donors (Lipinski definition) is 1. The molecule has 0 aliphatic carbocycles. The first-order valence-corrected chi connectivity index (χ1v) is 10.5. The number of nitrogens with zero attached hydrogens (tertiary/aromatic N) is 3. The molecule has 1 unspecified atom stereocenters. The van der Waals surface area contributed by atoms with Crippen LogP contribution in [0.15, 0.2) is 54.6 Å². The molecule has 172 valence electrons. The monoisotopic (exact) mass is 450 g/mol. The Morgan fingerprint density at radius 3 is 2.70 bits per heavy atom. The highest BCUT2D eigenvalue weighted by Crippen LogP contribution is 2.39. The van der Waals surface area contributed by atoms with Crippen LogP contribution in [0.4, 0.5) is 10.6 Å². The fraction of sp³-hybridized carbons (Fsp3) is 0.292. The van der Waals surface area contributed by atoms with Gasteiger partial charge >= 0.3 is 12.0 Å². The quantitative estimate of drug-likeness (QED) is 0.575. The number of aryl methyl sites for hydroxylation is 1. The second kappa shape index (κ2) is 9.64. The normalized spacial score (nSPS) is 14.6. The van der Waals surface area contributed by atoms with Crippen LogP contribution in [-0.4, -0.2) is 47.5 Å². The van der Waals surface area contributed by atoms with Gasteiger partial charge in [-0.25, -0.2) is 9.59 Å². The van der Waals surface area contributed by atoms with E-state index in [-0.39, 0.29) is 23.6 Å². The largest absolute Gasteiger partial charge is 0.497 e. The number of anilines is 1. The first kappa shape index (κ1) is 22.2. The van der Waals surface area contributed by atoms with Crippen LogP contribution in [0.5, 0.6) is 11.5 Å². The van der Waals surface area contributed by atoms with E-state index in [1.165, 1.54) is 17.9 Å². The van der Waals surface area contributed by atoms with Crippen LogP contribution in [0.2, 0.25) is 0 Å². The molecule has 1 aromatic heterocycles. The van der Waals surface area contributed by atoms with Crippen molar-refractivity contribution in [2.75, 3.05) is 26.1 Å². The summed E-state index contributed by atoms with van der Waals surface area (Å²) in [5.41, 5.74) is 2.10. The van der Waals surface area contributed by atoms with Crippen LogP contribution < -0.4 is 14.8 Å². The molecule has 2 amide bonds. The Morgan fingerprint density at radius 1 is 1.18 bits per heavy atom. The van der Waals surface area contributed by atoms with E-state index in [9.17, 15) is 9.59 Å². The molecule has 0 saturated heterocycles. The summed E-state index contributed by atoms with van der Waals surface area (Å²) < 4.78 is 17.4. The van der Waals surface area contributed by atoms with E-state index in [0.717, 1.165) is 16.9 Å². The SMILES string of the molecule is COC(=O)c1cc(NC(=O)N(Cc2ccccc2)C2CCOc3ccc(OC)cc32)nn1C. The summed E-state index contributed by atoms with van der Waals surface area (Å²) in [7, 11) is 4.52. The number of aromatic nitrogens is 2. The van der Waals surface area contributed by atoms with E-state index in [1.54, 1.807) is 19.1 Å². The van der Waals surface area contributed by atoms with Crippen molar-refractivity contribution in [1.29, 1.82) is 0 Å². The van der Waals surface area contributed by atoms with Gasteiger partial charge in [-0.1, -0.05) is 30.3 Å². The molecular formula is C24H26N4O5. The molecule has 9 heteroatoms. The number of esters is 1. The Bertz CT molecular complexity index is 1150. The number of urea groups is 1. The first-order chi connectivity index (χ1) is 16.0. The summed E-state index contributed by atoms with van der Waals surface area (Å²) in [6, 6.07) is 16.3. The molecule has 1 aliphatic heterocycles. The maximum atomic E-state index is 13.5. The minimum atomic E-state index is -0.530. The molecule has 4 rings (SSSR count). The predicted octanol–water partition coefficient (Wildman–Crippen LogP) is 3.77. The van der Waals surface area contributed by atoms with Gasteiger partial charge in [0.15, 0.2) is 5.82 Å². The zero-order chi connectivity index (χ0) is 23.4.